The van der Waals surface area contributed by atoms with Crippen LogP contribution >= 0.6 is 0 Å². The summed E-state index contributed by atoms with van der Waals surface area (Å²) in [5.74, 6) is 3.19. The fourth-order valence-electron chi connectivity index (χ4n) is 2.92. The van der Waals surface area contributed by atoms with E-state index in [2.05, 4.69) is 44.2 Å². The van der Waals surface area contributed by atoms with Gasteiger partial charge in [0.15, 0.2) is 5.96 Å². The molecule has 6 heteroatoms. The Hall–Kier alpha value is -1.59. The Morgan fingerprint density at radius 1 is 1.13 bits per heavy atom. The fourth-order valence-corrected chi connectivity index (χ4v) is 2.92. The lowest BCUT2D eigenvalue weighted by Gasteiger charge is -2.12. The molecule has 2 rings (SSSR count). The predicted octanol–water partition coefficient (Wildman–Crippen LogP) is 2.29. The van der Waals surface area contributed by atoms with Gasteiger partial charge in [0.05, 0.1) is 0 Å². The third kappa shape index (κ3) is 5.84. The molecule has 1 aromatic rings. The molecule has 0 saturated heterocycles. The predicted molar refractivity (Wildman–Crippen MR) is 94.8 cm³/mol. The van der Waals surface area contributed by atoms with Gasteiger partial charge in [0.25, 0.3) is 0 Å². The van der Waals surface area contributed by atoms with Crippen molar-refractivity contribution < 1.29 is 0 Å². The number of aromatic nitrogens is 3. The summed E-state index contributed by atoms with van der Waals surface area (Å²) in [6, 6.07) is 0. The number of nitrogens with one attached hydrogen (secondary N) is 2. The van der Waals surface area contributed by atoms with Crippen molar-refractivity contribution in [1.29, 1.82) is 0 Å². The third-order valence-corrected chi connectivity index (χ3v) is 4.20. The Kier molecular flexibility index (Phi) is 7.90. The van der Waals surface area contributed by atoms with Crippen LogP contribution in [0.1, 0.15) is 64.0 Å². The first kappa shape index (κ1) is 17.8. The van der Waals surface area contributed by atoms with Crippen LogP contribution in [0.2, 0.25) is 0 Å². The minimum atomic E-state index is 0.845. The second kappa shape index (κ2) is 10.2. The summed E-state index contributed by atoms with van der Waals surface area (Å²) in [7, 11) is 0. The van der Waals surface area contributed by atoms with Crippen LogP contribution in [0.15, 0.2) is 4.99 Å². The van der Waals surface area contributed by atoms with Crippen LogP contribution in [0.25, 0.3) is 0 Å². The van der Waals surface area contributed by atoms with Crippen LogP contribution in [0, 0.1) is 0 Å². The van der Waals surface area contributed by atoms with Crippen molar-refractivity contribution in [2.45, 2.75) is 71.8 Å². The van der Waals surface area contributed by atoms with Crippen LogP contribution in [0.4, 0.5) is 0 Å². The number of aryl methyl sites for hydroxylation is 1. The van der Waals surface area contributed by atoms with Gasteiger partial charge in [-0.3, -0.25) is 4.99 Å². The van der Waals surface area contributed by atoms with Crippen LogP contribution in [-0.2, 0) is 19.4 Å². The molecule has 1 aromatic heterocycles. The molecule has 0 fully saturated rings. The first-order valence-electron chi connectivity index (χ1n) is 9.28. The average Bonchev–Trinajstić information content (AvgIpc) is 2.79. The highest BCUT2D eigenvalue weighted by atomic mass is 15.3. The summed E-state index contributed by atoms with van der Waals surface area (Å²) in [6.45, 7) is 8.01. The van der Waals surface area contributed by atoms with Crippen molar-refractivity contribution >= 4 is 5.96 Å². The minimum absolute atomic E-state index is 0.845. The number of fused-ring (bicyclic) bond motifs is 1. The molecular formula is C17H32N6. The van der Waals surface area contributed by atoms with Crippen molar-refractivity contribution in [3.63, 3.8) is 0 Å². The lowest BCUT2D eigenvalue weighted by Crippen LogP contribution is -2.38. The Bertz CT molecular complexity index is 479. The van der Waals surface area contributed by atoms with E-state index < -0.39 is 0 Å². The highest BCUT2D eigenvalue weighted by Crippen LogP contribution is 2.14. The minimum Gasteiger partial charge on any atom is -0.357 e. The lowest BCUT2D eigenvalue weighted by molar-refractivity contribution is 0.600. The summed E-state index contributed by atoms with van der Waals surface area (Å²) in [6.07, 6.45) is 9.39. The maximum Gasteiger partial charge on any atom is 0.191 e. The summed E-state index contributed by atoms with van der Waals surface area (Å²) < 4.78 is 2.32. The maximum atomic E-state index is 4.62. The van der Waals surface area contributed by atoms with Gasteiger partial charge in [-0.25, -0.2) is 0 Å². The average molecular weight is 320 g/mol. The SMILES string of the molecule is CCCCCN=C(NCC)NCCc1nnc2n1CCCCC2. The smallest absolute Gasteiger partial charge is 0.191 e. The number of unbranched alkanes of at least 4 members (excludes halogenated alkanes) is 2. The summed E-state index contributed by atoms with van der Waals surface area (Å²) in [5, 5.41) is 15.5. The highest BCUT2D eigenvalue weighted by Gasteiger charge is 2.14. The number of hydrogen-bond donors (Lipinski definition) is 2. The van der Waals surface area contributed by atoms with Crippen molar-refractivity contribution in [2.24, 2.45) is 4.99 Å². The van der Waals surface area contributed by atoms with Crippen LogP contribution in [0.5, 0.6) is 0 Å². The van der Waals surface area contributed by atoms with E-state index in [-0.39, 0.29) is 0 Å². The quantitative estimate of drug-likeness (QED) is 0.438. The molecule has 0 atom stereocenters. The van der Waals surface area contributed by atoms with E-state index in [9.17, 15) is 0 Å². The molecule has 0 spiro atoms. The molecule has 6 nitrogen and oxygen atoms in total. The van der Waals surface area contributed by atoms with E-state index in [1.165, 1.54) is 32.1 Å². The van der Waals surface area contributed by atoms with Crippen molar-refractivity contribution in [1.82, 2.24) is 25.4 Å². The number of hydrogen-bond acceptors (Lipinski definition) is 3. The fraction of sp³-hybridized carbons (Fsp3) is 0.824. The molecule has 0 radical (unpaired) electrons. The van der Waals surface area contributed by atoms with Crippen LogP contribution in [-0.4, -0.2) is 40.4 Å². The van der Waals surface area contributed by atoms with Crippen molar-refractivity contribution in [2.75, 3.05) is 19.6 Å². The molecule has 23 heavy (non-hydrogen) atoms. The largest absolute Gasteiger partial charge is 0.357 e. The van der Waals surface area contributed by atoms with Gasteiger partial charge in [-0.05, 0) is 26.2 Å². The Balaban J connectivity index is 1.81. The molecule has 1 aliphatic heterocycles. The Morgan fingerprint density at radius 2 is 2.04 bits per heavy atom. The number of guanidine groups is 1. The molecule has 2 N–H and O–H groups in total. The molecule has 0 aliphatic carbocycles. The molecule has 0 unspecified atom stereocenters. The first-order valence-corrected chi connectivity index (χ1v) is 9.28. The standard InChI is InChI=1S/C17H32N6/c1-3-5-8-12-19-17(18-4-2)20-13-11-16-22-21-15-10-7-6-9-14-23(15)16/h3-14H2,1-2H3,(H2,18,19,20). The summed E-state index contributed by atoms with van der Waals surface area (Å²) >= 11 is 0. The molecule has 2 heterocycles. The molecule has 0 amide bonds. The van der Waals surface area contributed by atoms with Gasteiger partial charge in [0, 0.05) is 39.0 Å². The lowest BCUT2D eigenvalue weighted by atomic mass is 10.2. The van der Waals surface area contributed by atoms with Crippen molar-refractivity contribution in [3.8, 4) is 0 Å². The number of nitrogens with zero attached hydrogens (tertiary/aromatic N) is 4. The monoisotopic (exact) mass is 320 g/mol. The zero-order valence-corrected chi connectivity index (χ0v) is 14.8. The van der Waals surface area contributed by atoms with Gasteiger partial charge in [-0.15, -0.1) is 10.2 Å². The molecular weight excluding hydrogens is 288 g/mol. The molecule has 130 valence electrons. The van der Waals surface area contributed by atoms with E-state index in [1.54, 1.807) is 0 Å². The first-order chi connectivity index (χ1) is 11.3. The van der Waals surface area contributed by atoms with Gasteiger partial charge in [-0.2, -0.15) is 0 Å². The highest BCUT2D eigenvalue weighted by molar-refractivity contribution is 5.79. The topological polar surface area (TPSA) is 67.1 Å². The summed E-state index contributed by atoms with van der Waals surface area (Å²) in [4.78, 5) is 4.62. The Labute approximate surface area is 140 Å². The third-order valence-electron chi connectivity index (χ3n) is 4.20. The van der Waals surface area contributed by atoms with Gasteiger partial charge in [-0.1, -0.05) is 26.2 Å². The van der Waals surface area contributed by atoms with E-state index in [0.717, 1.165) is 63.0 Å². The zero-order chi connectivity index (χ0) is 16.3. The van der Waals surface area contributed by atoms with E-state index in [4.69, 9.17) is 0 Å². The number of rotatable bonds is 8. The molecule has 0 aromatic carbocycles. The van der Waals surface area contributed by atoms with Gasteiger partial charge >= 0.3 is 0 Å². The van der Waals surface area contributed by atoms with Crippen molar-refractivity contribution in [3.05, 3.63) is 11.6 Å². The number of aliphatic imine (C=N–C) groups is 1. The van der Waals surface area contributed by atoms with Gasteiger partial charge < -0.3 is 15.2 Å². The van der Waals surface area contributed by atoms with Gasteiger partial charge in [0.2, 0.25) is 0 Å². The second-order valence-electron chi connectivity index (χ2n) is 6.14. The molecule has 0 saturated carbocycles. The van der Waals surface area contributed by atoms with Crippen LogP contribution in [0.3, 0.4) is 0 Å². The van der Waals surface area contributed by atoms with E-state index >= 15 is 0 Å². The Morgan fingerprint density at radius 3 is 2.87 bits per heavy atom. The second-order valence-corrected chi connectivity index (χ2v) is 6.14. The molecule has 0 bridgehead atoms. The normalized spacial score (nSPS) is 15.1. The molecule has 1 aliphatic rings. The van der Waals surface area contributed by atoms with E-state index in [1.807, 2.05) is 0 Å². The zero-order valence-electron chi connectivity index (χ0n) is 14.8. The summed E-state index contributed by atoms with van der Waals surface area (Å²) in [5.41, 5.74) is 0. The van der Waals surface area contributed by atoms with Gasteiger partial charge in [0.1, 0.15) is 11.6 Å². The van der Waals surface area contributed by atoms with E-state index in [0.29, 0.717) is 0 Å². The van der Waals surface area contributed by atoms with Crippen LogP contribution < -0.4 is 10.6 Å². The maximum absolute atomic E-state index is 4.62.